The maximum atomic E-state index is 12.2. The minimum atomic E-state index is -3.31. The third-order valence-electron chi connectivity index (χ3n) is 12.4. The third kappa shape index (κ3) is 23.0. The molecule has 0 atom stereocenters. The van der Waals surface area contributed by atoms with Crippen LogP contribution in [0.2, 0.25) is 0 Å². The topological polar surface area (TPSA) is 446 Å². The maximum absolute atomic E-state index is 12.2. The molecule has 5 saturated heterocycles. The Bertz CT molecular complexity index is 3090. The molecule has 7 aliphatic rings. The number of thioether (sulfide) groups is 3. The van der Waals surface area contributed by atoms with Crippen molar-refractivity contribution in [1.29, 1.82) is 0 Å². The van der Waals surface area contributed by atoms with Gasteiger partial charge in [0.2, 0.25) is 29.5 Å². The first-order chi connectivity index (χ1) is 39.7. The molecule has 8 N–H and O–H groups in total. The Morgan fingerprint density at radius 1 is 0.529 bits per heavy atom. The van der Waals surface area contributed by atoms with Crippen LogP contribution < -0.4 is 22.7 Å². The molecule has 0 saturated carbocycles. The van der Waals surface area contributed by atoms with Gasteiger partial charge in [0.25, 0.3) is 23.6 Å². The van der Waals surface area contributed by atoms with E-state index in [0.717, 1.165) is 22.4 Å². The zero-order chi connectivity index (χ0) is 62.4. The van der Waals surface area contributed by atoms with Gasteiger partial charge in [-0.2, -0.15) is 11.8 Å². The largest absolute Gasteiger partial charge is 0.481 e. The van der Waals surface area contributed by atoms with Crippen LogP contribution in [0, 0.1) is 0 Å². The van der Waals surface area contributed by atoms with Crippen LogP contribution in [0.15, 0.2) is 48.5 Å². The molecule has 0 spiro atoms. The minimum absolute atomic E-state index is 0. The first kappa shape index (κ1) is 72.7. The predicted molar refractivity (Wildman–Crippen MR) is 314 cm³/mol. The highest BCUT2D eigenvalue weighted by molar-refractivity contribution is 8.01. The van der Waals surface area contributed by atoms with Crippen molar-refractivity contribution in [1.82, 2.24) is 34.7 Å². The van der Waals surface area contributed by atoms with Gasteiger partial charge in [-0.1, -0.05) is 31.7 Å². The standard InChI is InChI=1S/C14H14N2O5S.C14H14N2O3S.C10H16N2O6S2.C6H12N2O3S.C4H4O3S.CH4.H4N2/c17-12-9-22(20,21)8-7-15(12)5-6-16-13(18)10-3-1-2-4-11(10)14(16)19;17-12-9-20-8-7-15(12)5-6-16-13(18)10-3-1-2-4-11(10)14(16)19;13-8(5-19-6-10(15)16)11-1-2-12-3-4-20(17,18)7-9(12)14;7-1-2-8-3-4-12(10,11)5-6(8)9;5-3-1-8-2-4(6)7-3;;1-2/h1-4H,5-9H2;1-4H,5-9H2;1-7H2,(H,11,13)(H,15,16);1-5,7H2;1-2H2;1H4;1-2H2. The quantitative estimate of drug-likeness (QED) is 0.0373. The number of fused-ring (bicyclic) bond motifs is 2. The summed E-state index contributed by atoms with van der Waals surface area (Å²) in [6.45, 7) is 3.44. The van der Waals surface area contributed by atoms with E-state index in [9.17, 15) is 82.8 Å². The summed E-state index contributed by atoms with van der Waals surface area (Å²) >= 11 is 3.89. The molecule has 0 unspecified atom stereocenters. The van der Waals surface area contributed by atoms with Gasteiger partial charge < -0.3 is 40.5 Å². The van der Waals surface area contributed by atoms with Crippen LogP contribution >= 0.6 is 35.3 Å². The van der Waals surface area contributed by atoms with Crippen molar-refractivity contribution in [2.45, 2.75) is 7.43 Å². The molecule has 7 aliphatic heterocycles. The molecule has 7 heterocycles. The summed E-state index contributed by atoms with van der Waals surface area (Å²) in [5.74, 6) is 3.91. The van der Waals surface area contributed by atoms with E-state index >= 15 is 0 Å². The van der Waals surface area contributed by atoms with Crippen LogP contribution in [0.25, 0.3) is 0 Å². The number of carboxylic acid groups (broad SMARTS) is 1. The molecule has 0 aliphatic carbocycles. The Kier molecular flexibility index (Phi) is 29.6. The number of nitrogens with two attached hydrogens (primary N) is 3. The fourth-order valence-electron chi connectivity index (χ4n) is 8.17. The van der Waals surface area contributed by atoms with Gasteiger partial charge >= 0.3 is 17.9 Å². The number of rotatable bonds is 15. The van der Waals surface area contributed by atoms with E-state index in [1.165, 1.54) is 31.4 Å². The number of sulfone groups is 3. The number of hydrogen-bond donors (Lipinski definition) is 5. The smallest absolute Gasteiger partial charge is 0.323 e. The molecule has 0 radical (unpaired) electrons. The van der Waals surface area contributed by atoms with E-state index in [1.54, 1.807) is 65.2 Å². The lowest BCUT2D eigenvalue weighted by atomic mass is 10.1. The summed E-state index contributed by atoms with van der Waals surface area (Å²) in [4.78, 5) is 145. The van der Waals surface area contributed by atoms with Crippen molar-refractivity contribution in [3.63, 3.8) is 0 Å². The van der Waals surface area contributed by atoms with Gasteiger partial charge in [0.05, 0.1) is 68.3 Å². The number of nitrogens with zero attached hydrogens (tertiary/aromatic N) is 6. The van der Waals surface area contributed by atoms with Crippen LogP contribution in [0.5, 0.6) is 0 Å². The number of hydrogen-bond acceptors (Lipinski definition) is 25. The van der Waals surface area contributed by atoms with Crippen molar-refractivity contribution in [2.24, 2.45) is 17.4 Å². The number of esters is 2. The van der Waals surface area contributed by atoms with Crippen molar-refractivity contribution >= 4 is 136 Å². The highest BCUT2D eigenvalue weighted by Gasteiger charge is 2.38. The van der Waals surface area contributed by atoms with Gasteiger partial charge in [-0.15, -0.1) is 23.5 Å². The molecule has 2 aromatic rings. The number of carbonyl (C=O) groups excluding carboxylic acids is 11. The van der Waals surface area contributed by atoms with Crippen LogP contribution in [-0.2, 0) is 72.6 Å². The number of imide groups is 2. The third-order valence-corrected chi connectivity index (χ3v) is 19.6. The van der Waals surface area contributed by atoms with Gasteiger partial charge in [0.15, 0.2) is 29.5 Å². The second-order valence-electron chi connectivity index (χ2n) is 18.3. The Morgan fingerprint density at radius 3 is 1.25 bits per heavy atom. The van der Waals surface area contributed by atoms with Gasteiger partial charge in [0, 0.05) is 84.3 Å². The van der Waals surface area contributed by atoms with Crippen LogP contribution in [-0.4, -0.2) is 278 Å². The number of hydrazine groups is 1. The predicted octanol–water partition coefficient (Wildman–Crippen LogP) is -3.97. The second-order valence-corrected chi connectivity index (χ2v) is 28.0. The lowest BCUT2D eigenvalue weighted by Gasteiger charge is -2.28. The van der Waals surface area contributed by atoms with Crippen molar-refractivity contribution in [2.75, 3.05) is 148 Å². The SMILES string of the molecule is C.NCCN1CCS(=O)(=O)CC1=O.NN.O=C(O)CSCC(=O)NCCN1CCS(=O)(=O)CC1=O.O=C1CS(=O)(=O)CCN1CCN1C(=O)c2ccccc2C1=O.O=C1CSCC(=O)O1.O=C1CSCCN1CCN1C(=O)c2ccccc2C1=O. The van der Waals surface area contributed by atoms with E-state index in [1.807, 2.05) is 0 Å². The van der Waals surface area contributed by atoms with Crippen LogP contribution in [0.4, 0.5) is 0 Å². The molecule has 85 heavy (non-hydrogen) atoms. The average Bonchev–Trinajstić information content (AvgIpc) is 2.21. The zero-order valence-electron chi connectivity index (χ0n) is 45.2. The highest BCUT2D eigenvalue weighted by atomic mass is 32.2. The van der Waals surface area contributed by atoms with Crippen molar-refractivity contribution in [3.05, 3.63) is 70.8 Å². The van der Waals surface area contributed by atoms with E-state index in [-0.39, 0.29) is 129 Å². The molecule has 0 bridgehead atoms. The molecular formula is C49H68N10O20S6. The fourth-order valence-corrected chi connectivity index (χ4v) is 13.7. The van der Waals surface area contributed by atoms with E-state index in [4.69, 9.17) is 10.8 Å². The number of nitrogens with one attached hydrogen (secondary N) is 1. The molecule has 2 aromatic carbocycles. The monoisotopic (exact) mass is 1310 g/mol. The van der Waals surface area contributed by atoms with E-state index < -0.39 is 70.7 Å². The molecule has 0 aromatic heterocycles. The number of amides is 9. The van der Waals surface area contributed by atoms with Crippen LogP contribution in [0.3, 0.4) is 0 Å². The Hall–Kier alpha value is -6.54. The number of carbonyl (C=O) groups is 12. The average molecular weight is 1310 g/mol. The van der Waals surface area contributed by atoms with Crippen LogP contribution in [0.1, 0.15) is 48.9 Å². The number of aliphatic carboxylic acids is 1. The summed E-state index contributed by atoms with van der Waals surface area (Å²) in [7, 11) is -9.69. The molecule has 30 nitrogen and oxygen atoms in total. The summed E-state index contributed by atoms with van der Waals surface area (Å²) in [6.07, 6.45) is 0. The lowest BCUT2D eigenvalue weighted by Crippen LogP contribution is -2.48. The first-order valence-corrected chi connectivity index (χ1v) is 34.3. The number of carboxylic acids is 1. The fraction of sp³-hybridized carbons (Fsp3) is 0.510. The minimum Gasteiger partial charge on any atom is -0.481 e. The highest BCUT2D eigenvalue weighted by Crippen LogP contribution is 2.24. The summed E-state index contributed by atoms with van der Waals surface area (Å²) in [5, 5.41) is 10.9. The molecule has 36 heteroatoms. The zero-order valence-corrected chi connectivity index (χ0v) is 50.1. The lowest BCUT2D eigenvalue weighted by molar-refractivity contribution is -0.156. The van der Waals surface area contributed by atoms with Gasteiger partial charge in [0.1, 0.15) is 17.3 Å². The molecule has 470 valence electrons. The summed E-state index contributed by atoms with van der Waals surface area (Å²) in [5.41, 5.74) is 6.88. The van der Waals surface area contributed by atoms with Gasteiger partial charge in [-0.05, 0) is 24.3 Å². The van der Waals surface area contributed by atoms with E-state index in [0.29, 0.717) is 72.2 Å². The summed E-state index contributed by atoms with van der Waals surface area (Å²) < 4.78 is 71.1. The normalized spacial score (nSPS) is 19.1. The molecule has 9 amide bonds. The Labute approximate surface area is 503 Å². The molecule has 5 fully saturated rings. The number of benzene rings is 2. The first-order valence-electron chi connectivity index (χ1n) is 25.3. The maximum Gasteiger partial charge on any atom is 0.323 e. The molecular weight excluding hydrogens is 1240 g/mol. The van der Waals surface area contributed by atoms with Crippen molar-refractivity contribution < 1.29 is 92.6 Å². The second kappa shape index (κ2) is 34.6. The number of cyclic esters (lactones) is 2. The Morgan fingerprint density at radius 2 is 0.906 bits per heavy atom. The Balaban J connectivity index is 0.000000284. The van der Waals surface area contributed by atoms with Gasteiger partial charge in [-0.25, -0.2) is 25.3 Å². The molecule has 9 rings (SSSR count). The van der Waals surface area contributed by atoms with Gasteiger partial charge in [-0.3, -0.25) is 79.0 Å². The summed E-state index contributed by atoms with van der Waals surface area (Å²) in [6, 6.07) is 13.4. The number of ether oxygens (including phenoxy) is 1. The van der Waals surface area contributed by atoms with Crippen molar-refractivity contribution in [3.8, 4) is 0 Å². The van der Waals surface area contributed by atoms with E-state index in [2.05, 4.69) is 21.7 Å².